The Morgan fingerprint density at radius 2 is 2.18 bits per heavy atom. The van der Waals surface area contributed by atoms with E-state index in [9.17, 15) is 0 Å². The molecule has 0 spiro atoms. The summed E-state index contributed by atoms with van der Waals surface area (Å²) in [6.07, 6.45) is 10.9. The summed E-state index contributed by atoms with van der Waals surface area (Å²) in [5.41, 5.74) is 1.56. The smallest absolute Gasteiger partial charge is 0.0300 e. The van der Waals surface area contributed by atoms with Crippen molar-refractivity contribution in [3.63, 3.8) is 0 Å². The third-order valence-corrected chi connectivity index (χ3v) is 2.82. The summed E-state index contributed by atoms with van der Waals surface area (Å²) in [5.74, 6) is 0. The van der Waals surface area contributed by atoms with Crippen molar-refractivity contribution in [3.8, 4) is 0 Å². The largest absolute Gasteiger partial charge is 0.106 e. The Morgan fingerprint density at radius 3 is 3.00 bits per heavy atom. The fourth-order valence-corrected chi connectivity index (χ4v) is 2.22. The van der Waals surface area contributed by atoms with E-state index in [0.29, 0.717) is 0 Å². The topological polar surface area (TPSA) is 0 Å². The Balaban J connectivity index is 2.45. The molecule has 0 aromatic carbocycles. The first-order valence-corrected chi connectivity index (χ1v) is 4.65. The molecule has 0 radical (unpaired) electrons. The van der Waals surface area contributed by atoms with Gasteiger partial charge in [-0.3, -0.25) is 0 Å². The number of hydrogen-bond acceptors (Lipinski definition) is 1. The molecule has 1 aliphatic heterocycles. The van der Waals surface area contributed by atoms with E-state index in [-0.39, 0.29) is 5.41 Å². The molecule has 2 aliphatic rings. The van der Waals surface area contributed by atoms with Crippen LogP contribution in [0.4, 0.5) is 0 Å². The van der Waals surface area contributed by atoms with Gasteiger partial charge in [0, 0.05) is 5.41 Å². The van der Waals surface area contributed by atoms with Crippen LogP contribution in [0.25, 0.3) is 0 Å². The maximum atomic E-state index is 2.24. The molecule has 56 valence electrons. The summed E-state index contributed by atoms with van der Waals surface area (Å²) in [4.78, 5) is 0. The van der Waals surface area contributed by atoms with Gasteiger partial charge in [0.05, 0.1) is 0 Å². The maximum absolute atomic E-state index is 2.24. The second kappa shape index (κ2) is 2.42. The summed E-state index contributed by atoms with van der Waals surface area (Å²) in [5, 5.41) is 4.35. The van der Waals surface area contributed by atoms with Gasteiger partial charge >= 0.3 is 0 Å². The highest BCUT2D eigenvalue weighted by atomic mass is 32.2. The summed E-state index contributed by atoms with van der Waals surface area (Å²) in [6, 6.07) is 0. The Morgan fingerprint density at radius 1 is 1.27 bits per heavy atom. The van der Waals surface area contributed by atoms with Crippen LogP contribution in [-0.4, -0.2) is 0 Å². The molecule has 0 nitrogen and oxygen atoms in total. The molecular formula is C10H10S. The van der Waals surface area contributed by atoms with Crippen LogP contribution in [0.2, 0.25) is 0 Å². The van der Waals surface area contributed by atoms with Crippen LogP contribution in [0.3, 0.4) is 0 Å². The molecular weight excluding hydrogens is 152 g/mol. The molecule has 0 bridgehead atoms. The third kappa shape index (κ3) is 1.10. The van der Waals surface area contributed by atoms with Gasteiger partial charge in [0.15, 0.2) is 0 Å². The van der Waals surface area contributed by atoms with E-state index in [1.165, 1.54) is 5.57 Å². The van der Waals surface area contributed by atoms with Crippen LogP contribution in [0.1, 0.15) is 6.92 Å². The van der Waals surface area contributed by atoms with Crippen molar-refractivity contribution in [1.29, 1.82) is 0 Å². The molecule has 0 aromatic rings. The van der Waals surface area contributed by atoms with E-state index in [4.69, 9.17) is 0 Å². The summed E-state index contributed by atoms with van der Waals surface area (Å²) < 4.78 is 0. The molecule has 1 atom stereocenters. The first-order valence-electron chi connectivity index (χ1n) is 3.71. The van der Waals surface area contributed by atoms with Crippen LogP contribution < -0.4 is 0 Å². The van der Waals surface area contributed by atoms with E-state index in [2.05, 4.69) is 48.1 Å². The van der Waals surface area contributed by atoms with Gasteiger partial charge in [-0.1, -0.05) is 30.4 Å². The zero-order chi connectivity index (χ0) is 7.73. The van der Waals surface area contributed by atoms with Crippen molar-refractivity contribution < 1.29 is 0 Å². The van der Waals surface area contributed by atoms with Gasteiger partial charge in [-0.2, -0.15) is 0 Å². The normalized spacial score (nSPS) is 33.4. The van der Waals surface area contributed by atoms with Gasteiger partial charge in [-0.15, -0.1) is 11.8 Å². The Hall–Kier alpha value is -0.690. The van der Waals surface area contributed by atoms with Crippen LogP contribution in [-0.2, 0) is 0 Å². The van der Waals surface area contributed by atoms with Gasteiger partial charge in [0.25, 0.3) is 0 Å². The minimum Gasteiger partial charge on any atom is -0.106 e. The van der Waals surface area contributed by atoms with E-state index < -0.39 is 0 Å². The molecule has 11 heavy (non-hydrogen) atoms. The molecule has 1 heterocycles. The number of allylic oxidation sites excluding steroid dienone is 6. The van der Waals surface area contributed by atoms with Gasteiger partial charge in [0.1, 0.15) is 0 Å². The zero-order valence-electron chi connectivity index (χ0n) is 6.45. The average Bonchev–Trinajstić information content (AvgIpc) is 2.03. The monoisotopic (exact) mass is 162 g/mol. The Bertz CT molecular complexity index is 281. The highest BCUT2D eigenvalue weighted by Crippen LogP contribution is 2.39. The Labute approximate surface area is 71.4 Å². The molecule has 0 aromatic heterocycles. The lowest BCUT2D eigenvalue weighted by atomic mass is 9.80. The van der Waals surface area contributed by atoms with Crippen LogP contribution >= 0.6 is 11.8 Å². The van der Waals surface area contributed by atoms with Crippen molar-refractivity contribution in [2.24, 2.45) is 5.41 Å². The zero-order valence-corrected chi connectivity index (χ0v) is 7.27. The van der Waals surface area contributed by atoms with Crippen molar-refractivity contribution in [3.05, 3.63) is 46.8 Å². The van der Waals surface area contributed by atoms with E-state index in [0.717, 1.165) is 0 Å². The molecule has 1 aliphatic carbocycles. The van der Waals surface area contributed by atoms with E-state index in [1.54, 1.807) is 11.8 Å². The number of rotatable bonds is 0. The minimum absolute atomic E-state index is 0.167. The first-order chi connectivity index (χ1) is 5.31. The average molecular weight is 162 g/mol. The van der Waals surface area contributed by atoms with Crippen LogP contribution in [0, 0.1) is 5.41 Å². The predicted molar refractivity (Wildman–Crippen MR) is 51.2 cm³/mol. The van der Waals surface area contributed by atoms with Gasteiger partial charge in [-0.05, 0) is 23.3 Å². The van der Waals surface area contributed by atoms with E-state index >= 15 is 0 Å². The molecule has 0 fully saturated rings. The lowest BCUT2D eigenvalue weighted by Crippen LogP contribution is -2.14. The second-order valence-corrected chi connectivity index (χ2v) is 3.79. The fourth-order valence-electron chi connectivity index (χ4n) is 1.30. The van der Waals surface area contributed by atoms with E-state index in [1.807, 2.05) is 0 Å². The predicted octanol–water partition coefficient (Wildman–Crippen LogP) is 3.26. The number of fused-ring (bicyclic) bond motifs is 1. The van der Waals surface area contributed by atoms with Crippen molar-refractivity contribution in [2.75, 3.05) is 0 Å². The summed E-state index contributed by atoms with van der Waals surface area (Å²) >= 11 is 1.75. The maximum Gasteiger partial charge on any atom is 0.0300 e. The standard InChI is InChI=1S/C10H10S/c1-10-5-3-2-4-9(10)8-11-7-6-10/h2-8H,1H3. The van der Waals surface area contributed by atoms with Crippen LogP contribution in [0.15, 0.2) is 46.8 Å². The fraction of sp³-hybridized carbons (Fsp3) is 0.200. The number of hydrogen-bond donors (Lipinski definition) is 0. The summed E-state index contributed by atoms with van der Waals surface area (Å²) in [7, 11) is 0. The van der Waals surface area contributed by atoms with Gasteiger partial charge in [0.2, 0.25) is 0 Å². The van der Waals surface area contributed by atoms with Crippen molar-refractivity contribution in [2.45, 2.75) is 6.92 Å². The van der Waals surface area contributed by atoms with Crippen LogP contribution in [0.5, 0.6) is 0 Å². The van der Waals surface area contributed by atoms with Crippen molar-refractivity contribution >= 4 is 11.8 Å². The second-order valence-electron chi connectivity index (χ2n) is 3.01. The lowest BCUT2D eigenvalue weighted by molar-refractivity contribution is 0.677. The summed E-state index contributed by atoms with van der Waals surface area (Å²) in [6.45, 7) is 2.23. The van der Waals surface area contributed by atoms with Crippen molar-refractivity contribution in [1.82, 2.24) is 0 Å². The highest BCUT2D eigenvalue weighted by Gasteiger charge is 2.24. The molecule has 1 unspecified atom stereocenters. The molecule has 2 rings (SSSR count). The quantitative estimate of drug-likeness (QED) is 0.527. The van der Waals surface area contributed by atoms with Gasteiger partial charge in [-0.25, -0.2) is 0 Å². The molecule has 1 heteroatoms. The molecule has 0 N–H and O–H groups in total. The first kappa shape index (κ1) is 6.99. The molecule has 0 saturated carbocycles. The molecule has 0 saturated heterocycles. The third-order valence-electron chi connectivity index (χ3n) is 2.14. The Kier molecular flexibility index (Phi) is 1.53. The SMILES string of the molecule is CC12C=CC=CC1=CSC=C2. The lowest BCUT2D eigenvalue weighted by Gasteiger charge is -2.27. The highest BCUT2D eigenvalue weighted by molar-refractivity contribution is 8.05. The minimum atomic E-state index is 0.167. The van der Waals surface area contributed by atoms with Gasteiger partial charge < -0.3 is 0 Å². The molecule has 0 amide bonds. The number of thioether (sulfide) groups is 1.